The van der Waals surface area contributed by atoms with Crippen LogP contribution in [0.15, 0.2) is 43.5 Å². The van der Waals surface area contributed by atoms with E-state index in [1.807, 2.05) is 32.0 Å². The summed E-state index contributed by atoms with van der Waals surface area (Å²) in [5, 5.41) is 9.21. The molecular formula is C31H43N3O4S. The maximum Gasteiger partial charge on any atom is 0.251 e. The number of carbonyl (C=O) groups is 3. The molecule has 1 N–H and O–H groups in total. The molecule has 3 aliphatic heterocycles. The van der Waals surface area contributed by atoms with Crippen LogP contribution in [-0.4, -0.2) is 82.0 Å². The number of hydrogen-bond acceptors (Lipinski definition) is 5. The highest BCUT2D eigenvalue weighted by atomic mass is 32.2. The Morgan fingerprint density at radius 2 is 1.85 bits per heavy atom. The summed E-state index contributed by atoms with van der Waals surface area (Å²) in [6, 6.07) is 5.45. The summed E-state index contributed by atoms with van der Waals surface area (Å²) in [5.74, 6) is -1.10. The van der Waals surface area contributed by atoms with Gasteiger partial charge in [0.2, 0.25) is 11.8 Å². The molecule has 0 aliphatic carbocycles. The van der Waals surface area contributed by atoms with Crippen molar-refractivity contribution in [2.24, 2.45) is 11.8 Å². The van der Waals surface area contributed by atoms with Crippen molar-refractivity contribution in [2.45, 2.75) is 68.4 Å². The van der Waals surface area contributed by atoms with E-state index >= 15 is 0 Å². The summed E-state index contributed by atoms with van der Waals surface area (Å²) in [4.78, 5) is 47.8. The molecule has 0 aromatic heterocycles. The van der Waals surface area contributed by atoms with Crippen molar-refractivity contribution in [3.05, 3.63) is 54.6 Å². The van der Waals surface area contributed by atoms with Gasteiger partial charge in [-0.2, -0.15) is 0 Å². The predicted molar refractivity (Wildman–Crippen MR) is 158 cm³/mol. The lowest BCUT2D eigenvalue weighted by Crippen LogP contribution is -2.55. The number of amides is 3. The lowest BCUT2D eigenvalue weighted by Gasteiger charge is -2.38. The third-order valence-electron chi connectivity index (χ3n) is 8.64. The molecule has 1 spiro atoms. The maximum absolute atomic E-state index is 14.7. The number of aliphatic hydroxyl groups excluding tert-OH is 1. The Hall–Kier alpha value is -2.58. The highest BCUT2D eigenvalue weighted by Crippen LogP contribution is 2.66. The van der Waals surface area contributed by atoms with Crippen molar-refractivity contribution in [3.8, 4) is 0 Å². The Balaban J connectivity index is 1.73. The summed E-state index contributed by atoms with van der Waals surface area (Å²) in [6.07, 6.45) is 8.25. The molecule has 2 bridgehead atoms. The molecule has 4 rings (SSSR count). The minimum absolute atomic E-state index is 0.0270. The van der Waals surface area contributed by atoms with Crippen molar-refractivity contribution < 1.29 is 19.5 Å². The number of thioether (sulfide) groups is 1. The minimum Gasteiger partial charge on any atom is -0.396 e. The van der Waals surface area contributed by atoms with E-state index < -0.39 is 22.6 Å². The van der Waals surface area contributed by atoms with Crippen LogP contribution in [0.1, 0.15) is 49.7 Å². The summed E-state index contributed by atoms with van der Waals surface area (Å²) in [7, 11) is 1.76. The molecule has 7 nitrogen and oxygen atoms in total. The summed E-state index contributed by atoms with van der Waals surface area (Å²) in [5.41, 5.74) is 2.89. The molecule has 212 valence electrons. The van der Waals surface area contributed by atoms with E-state index in [0.29, 0.717) is 19.6 Å². The number of likely N-dealkylation sites (N-methyl/N-ethyl adjacent to an activating group) is 1. The zero-order valence-electron chi connectivity index (χ0n) is 23.6. The topological polar surface area (TPSA) is 81.2 Å². The largest absolute Gasteiger partial charge is 0.396 e. The molecule has 3 saturated heterocycles. The van der Waals surface area contributed by atoms with Crippen LogP contribution in [0.3, 0.4) is 0 Å². The van der Waals surface area contributed by atoms with Crippen LogP contribution in [0.4, 0.5) is 5.69 Å². The highest BCUT2D eigenvalue weighted by Gasteiger charge is 2.73. The number of fused-ring (bicyclic) bond motifs is 1. The third-order valence-corrected chi connectivity index (χ3v) is 10.6. The number of aryl methyl sites for hydroxylation is 2. The molecule has 3 amide bonds. The van der Waals surface area contributed by atoms with E-state index in [2.05, 4.69) is 13.2 Å². The van der Waals surface area contributed by atoms with Crippen molar-refractivity contribution >= 4 is 35.2 Å². The normalized spacial score (nSPS) is 27.0. The molecule has 1 aromatic rings. The van der Waals surface area contributed by atoms with Crippen LogP contribution in [0.2, 0.25) is 0 Å². The van der Waals surface area contributed by atoms with Gasteiger partial charge in [0, 0.05) is 44.2 Å². The second-order valence-electron chi connectivity index (χ2n) is 11.3. The van der Waals surface area contributed by atoms with Crippen molar-refractivity contribution in [3.63, 3.8) is 0 Å². The first-order chi connectivity index (χ1) is 18.7. The first-order valence-electron chi connectivity index (χ1n) is 14.2. The van der Waals surface area contributed by atoms with E-state index in [0.717, 1.165) is 55.3 Å². The SMILES string of the molecule is C=CCN(C)C(=O)[C@@H]1[C@H]2C(=O)N(CCCCCCO)C(C(=O)N(CC=C)c3cc(C)ccc3C)C23CC[C@H]1S3. The lowest BCUT2D eigenvalue weighted by molar-refractivity contribution is -0.143. The molecule has 0 saturated carbocycles. The van der Waals surface area contributed by atoms with Gasteiger partial charge in [-0.25, -0.2) is 0 Å². The Morgan fingerprint density at radius 3 is 2.54 bits per heavy atom. The molecular weight excluding hydrogens is 510 g/mol. The van der Waals surface area contributed by atoms with Crippen molar-refractivity contribution in [2.75, 3.05) is 38.2 Å². The molecule has 0 radical (unpaired) electrons. The monoisotopic (exact) mass is 553 g/mol. The van der Waals surface area contributed by atoms with Gasteiger partial charge < -0.3 is 19.8 Å². The van der Waals surface area contributed by atoms with Crippen molar-refractivity contribution in [1.82, 2.24) is 9.80 Å². The Kier molecular flexibility index (Phi) is 9.27. The number of nitrogens with zero attached hydrogens (tertiary/aromatic N) is 3. The van der Waals surface area contributed by atoms with Gasteiger partial charge in [-0.3, -0.25) is 14.4 Å². The second-order valence-corrected chi connectivity index (χ2v) is 12.9. The van der Waals surface area contributed by atoms with Gasteiger partial charge in [-0.1, -0.05) is 37.1 Å². The van der Waals surface area contributed by atoms with Gasteiger partial charge in [0.05, 0.1) is 16.6 Å². The molecule has 3 fully saturated rings. The summed E-state index contributed by atoms with van der Waals surface area (Å²) in [6.45, 7) is 13.1. The minimum atomic E-state index is -0.634. The van der Waals surface area contributed by atoms with Gasteiger partial charge >= 0.3 is 0 Å². The first-order valence-corrected chi connectivity index (χ1v) is 15.0. The van der Waals surface area contributed by atoms with Crippen LogP contribution in [0.5, 0.6) is 0 Å². The zero-order valence-corrected chi connectivity index (χ0v) is 24.4. The van der Waals surface area contributed by atoms with Crippen LogP contribution in [-0.2, 0) is 14.4 Å². The number of aliphatic hydroxyl groups is 1. The third kappa shape index (κ3) is 5.30. The van der Waals surface area contributed by atoms with E-state index in [4.69, 9.17) is 0 Å². The average molecular weight is 554 g/mol. The molecule has 5 atom stereocenters. The molecule has 39 heavy (non-hydrogen) atoms. The van der Waals surface area contributed by atoms with E-state index in [1.165, 1.54) is 0 Å². The first kappa shape index (κ1) is 29.4. The van der Waals surface area contributed by atoms with Crippen LogP contribution < -0.4 is 4.90 Å². The highest BCUT2D eigenvalue weighted by molar-refractivity contribution is 8.02. The number of benzene rings is 1. The number of likely N-dealkylation sites (tertiary alicyclic amines) is 1. The van der Waals surface area contributed by atoms with Gasteiger partial charge in [0.1, 0.15) is 6.04 Å². The number of anilines is 1. The fraction of sp³-hybridized carbons (Fsp3) is 0.581. The zero-order chi connectivity index (χ0) is 28.3. The Bertz CT molecular complexity index is 1120. The van der Waals surface area contributed by atoms with Crippen LogP contribution in [0.25, 0.3) is 0 Å². The standard InChI is InChI=1S/C31H43N3O4S/c1-6-16-32(5)28(36)25-24-14-15-31(39-24)26(25)29(37)34(18-10-8-9-11-19-35)27(31)30(38)33(17-7-2)23-20-21(3)12-13-22(23)4/h6-7,12-13,20,24-27,35H,1-2,8-11,14-19H2,3-5H3/t24-,25+,26+,27?,31?/m1/s1. The maximum atomic E-state index is 14.7. The van der Waals surface area contributed by atoms with Gasteiger partial charge in [-0.05, 0) is 56.7 Å². The molecule has 2 unspecified atom stereocenters. The second kappa shape index (κ2) is 12.3. The lowest BCUT2D eigenvalue weighted by atomic mass is 9.70. The average Bonchev–Trinajstić information content (AvgIpc) is 3.55. The fourth-order valence-electron chi connectivity index (χ4n) is 6.83. The van der Waals surface area contributed by atoms with Crippen LogP contribution in [0, 0.1) is 25.7 Å². The van der Waals surface area contributed by atoms with Crippen LogP contribution >= 0.6 is 11.8 Å². The predicted octanol–water partition coefficient (Wildman–Crippen LogP) is 4.11. The number of rotatable bonds is 13. The summed E-state index contributed by atoms with van der Waals surface area (Å²) < 4.78 is -0.615. The quantitative estimate of drug-likeness (QED) is 0.294. The van der Waals surface area contributed by atoms with Gasteiger partial charge in [0.15, 0.2) is 0 Å². The van der Waals surface area contributed by atoms with Crippen molar-refractivity contribution in [1.29, 1.82) is 0 Å². The molecule has 3 heterocycles. The Morgan fingerprint density at radius 1 is 1.13 bits per heavy atom. The van der Waals surface area contributed by atoms with E-state index in [1.54, 1.807) is 45.7 Å². The molecule has 1 aromatic carbocycles. The van der Waals surface area contributed by atoms with Gasteiger partial charge in [0.25, 0.3) is 5.91 Å². The smallest absolute Gasteiger partial charge is 0.251 e. The molecule has 8 heteroatoms. The number of unbranched alkanes of at least 4 members (excludes halogenated alkanes) is 3. The van der Waals surface area contributed by atoms with E-state index in [9.17, 15) is 19.5 Å². The van der Waals surface area contributed by atoms with E-state index in [-0.39, 0.29) is 29.6 Å². The Labute approximate surface area is 237 Å². The summed E-state index contributed by atoms with van der Waals surface area (Å²) >= 11 is 1.71. The molecule has 3 aliphatic rings. The van der Waals surface area contributed by atoms with Gasteiger partial charge in [-0.15, -0.1) is 24.9 Å². The number of hydrogen-bond donors (Lipinski definition) is 1. The number of carbonyl (C=O) groups excluding carboxylic acids is 3. The fourth-order valence-corrected chi connectivity index (χ4v) is 9.04.